The van der Waals surface area contributed by atoms with Crippen LogP contribution in [0, 0.1) is 27.7 Å². The van der Waals surface area contributed by atoms with Crippen molar-refractivity contribution in [2.24, 2.45) is 0 Å². The lowest BCUT2D eigenvalue weighted by Crippen LogP contribution is -2.52. The predicted molar refractivity (Wildman–Crippen MR) is 156 cm³/mol. The third-order valence-electron chi connectivity index (χ3n) is 6.71. The largest absolute Gasteiger partial charge is 0.352 e. The molecule has 8 heteroatoms. The highest BCUT2D eigenvalue weighted by molar-refractivity contribution is 7.92. The van der Waals surface area contributed by atoms with Gasteiger partial charge in [-0.3, -0.25) is 13.9 Å². The van der Waals surface area contributed by atoms with Crippen LogP contribution >= 0.6 is 0 Å². The third kappa shape index (κ3) is 7.26. The van der Waals surface area contributed by atoms with Crippen LogP contribution in [0.5, 0.6) is 0 Å². The number of carbonyl (C=O) groups excluding carboxylic acids is 2. The molecule has 0 unspecified atom stereocenters. The molecule has 39 heavy (non-hydrogen) atoms. The zero-order valence-corrected chi connectivity index (χ0v) is 24.7. The van der Waals surface area contributed by atoms with Crippen molar-refractivity contribution in [3.8, 4) is 0 Å². The number of hydrogen-bond donors (Lipinski definition) is 1. The Morgan fingerprint density at radius 2 is 1.44 bits per heavy atom. The van der Waals surface area contributed by atoms with Crippen LogP contribution in [0.4, 0.5) is 5.69 Å². The van der Waals surface area contributed by atoms with Crippen LogP contribution in [0.25, 0.3) is 0 Å². The standard InChI is InChI=1S/C31H39N3O4S/c1-21(2)32-31(36)26(7)33(19-27-11-9-8-10-24(27)5)30(35)20-34(29-17-14-23(4)18-25(29)6)39(37,38)28-15-12-22(3)13-16-28/h8-18,21,26H,19-20H2,1-7H3,(H,32,36)/t26-/m1/s1. The van der Waals surface area contributed by atoms with Crippen molar-refractivity contribution in [3.05, 3.63) is 94.5 Å². The van der Waals surface area contributed by atoms with Gasteiger partial charge in [0.25, 0.3) is 10.0 Å². The fraction of sp³-hybridized carbons (Fsp3) is 0.355. The van der Waals surface area contributed by atoms with E-state index in [2.05, 4.69) is 5.32 Å². The van der Waals surface area contributed by atoms with Crippen molar-refractivity contribution in [2.45, 2.75) is 72.0 Å². The van der Waals surface area contributed by atoms with Crippen LogP contribution in [0.1, 0.15) is 48.6 Å². The summed E-state index contributed by atoms with van der Waals surface area (Å²) in [4.78, 5) is 28.6. The molecule has 0 saturated heterocycles. The van der Waals surface area contributed by atoms with Crippen LogP contribution < -0.4 is 9.62 Å². The van der Waals surface area contributed by atoms with Crippen molar-refractivity contribution in [3.63, 3.8) is 0 Å². The molecule has 0 heterocycles. The van der Waals surface area contributed by atoms with E-state index >= 15 is 0 Å². The van der Waals surface area contributed by atoms with Crippen molar-refractivity contribution in [2.75, 3.05) is 10.8 Å². The maximum Gasteiger partial charge on any atom is 0.264 e. The number of hydrogen-bond acceptors (Lipinski definition) is 4. The predicted octanol–water partition coefficient (Wildman–Crippen LogP) is 5.06. The molecule has 0 aliphatic carbocycles. The van der Waals surface area contributed by atoms with Crippen LogP contribution in [0.2, 0.25) is 0 Å². The Kier molecular flexibility index (Phi) is 9.56. The second-order valence-corrected chi connectivity index (χ2v) is 12.3. The van der Waals surface area contributed by atoms with Crippen molar-refractivity contribution in [1.82, 2.24) is 10.2 Å². The van der Waals surface area contributed by atoms with Gasteiger partial charge in [0.05, 0.1) is 10.6 Å². The lowest BCUT2D eigenvalue weighted by atomic mass is 10.1. The highest BCUT2D eigenvalue weighted by atomic mass is 32.2. The molecule has 0 fully saturated rings. The molecule has 7 nitrogen and oxygen atoms in total. The van der Waals surface area contributed by atoms with Gasteiger partial charge in [0, 0.05) is 12.6 Å². The minimum Gasteiger partial charge on any atom is -0.352 e. The van der Waals surface area contributed by atoms with Gasteiger partial charge >= 0.3 is 0 Å². The molecule has 1 N–H and O–H groups in total. The van der Waals surface area contributed by atoms with Crippen LogP contribution in [-0.4, -0.2) is 43.8 Å². The molecule has 0 aliphatic rings. The summed E-state index contributed by atoms with van der Waals surface area (Å²) in [5, 5.41) is 2.88. The van der Waals surface area contributed by atoms with Crippen LogP contribution in [-0.2, 0) is 26.2 Å². The van der Waals surface area contributed by atoms with E-state index in [1.807, 2.05) is 77.9 Å². The van der Waals surface area contributed by atoms with Gasteiger partial charge in [0.1, 0.15) is 12.6 Å². The maximum absolute atomic E-state index is 14.0. The van der Waals surface area contributed by atoms with Crippen molar-refractivity contribution >= 4 is 27.5 Å². The van der Waals surface area contributed by atoms with Crippen molar-refractivity contribution in [1.29, 1.82) is 0 Å². The first kappa shape index (κ1) is 29.9. The fourth-order valence-corrected chi connectivity index (χ4v) is 5.87. The molecule has 1 atom stereocenters. The molecule has 0 radical (unpaired) electrons. The molecule has 3 rings (SSSR count). The minimum absolute atomic E-state index is 0.0944. The summed E-state index contributed by atoms with van der Waals surface area (Å²) in [7, 11) is -4.10. The highest BCUT2D eigenvalue weighted by Crippen LogP contribution is 2.28. The van der Waals surface area contributed by atoms with Crippen molar-refractivity contribution < 1.29 is 18.0 Å². The molecule has 3 aromatic rings. The Hall–Kier alpha value is -3.65. The number of anilines is 1. The Morgan fingerprint density at radius 1 is 0.821 bits per heavy atom. The first-order chi connectivity index (χ1) is 18.3. The van der Waals surface area contributed by atoms with E-state index in [-0.39, 0.29) is 23.4 Å². The van der Waals surface area contributed by atoms with Gasteiger partial charge in [-0.15, -0.1) is 0 Å². The smallest absolute Gasteiger partial charge is 0.264 e. The number of carbonyl (C=O) groups is 2. The number of sulfonamides is 1. The number of rotatable bonds is 10. The average molecular weight is 550 g/mol. The molecule has 0 spiro atoms. The monoisotopic (exact) mass is 549 g/mol. The summed E-state index contributed by atoms with van der Waals surface area (Å²) in [5.41, 5.74) is 4.92. The summed E-state index contributed by atoms with van der Waals surface area (Å²) >= 11 is 0. The van der Waals surface area contributed by atoms with Gasteiger partial charge < -0.3 is 10.2 Å². The lowest BCUT2D eigenvalue weighted by molar-refractivity contribution is -0.139. The molecule has 3 aromatic carbocycles. The number of aryl methyl sites for hydroxylation is 4. The third-order valence-corrected chi connectivity index (χ3v) is 8.48. The number of nitrogens with one attached hydrogen (secondary N) is 1. The summed E-state index contributed by atoms with van der Waals surface area (Å²) in [6, 6.07) is 18.7. The van der Waals surface area contributed by atoms with E-state index in [9.17, 15) is 18.0 Å². The Labute approximate surface area is 232 Å². The van der Waals surface area contributed by atoms with E-state index in [4.69, 9.17) is 0 Å². The molecule has 0 aliphatic heterocycles. The van der Waals surface area contributed by atoms with E-state index in [1.54, 1.807) is 37.3 Å². The van der Waals surface area contributed by atoms with E-state index < -0.39 is 28.5 Å². The van der Waals surface area contributed by atoms with Gasteiger partial charge in [-0.2, -0.15) is 0 Å². The first-order valence-corrected chi connectivity index (χ1v) is 14.6. The zero-order chi connectivity index (χ0) is 28.9. The second kappa shape index (κ2) is 12.5. The normalized spacial score (nSPS) is 12.2. The van der Waals surface area contributed by atoms with E-state index in [1.165, 1.54) is 4.90 Å². The molecule has 0 bridgehead atoms. The molecular formula is C31H39N3O4S. The molecule has 2 amide bonds. The van der Waals surface area contributed by atoms with Crippen LogP contribution in [0.15, 0.2) is 71.6 Å². The quantitative estimate of drug-likeness (QED) is 0.383. The molecular weight excluding hydrogens is 510 g/mol. The minimum atomic E-state index is -4.10. The van der Waals surface area contributed by atoms with Gasteiger partial charge in [-0.1, -0.05) is 59.7 Å². The lowest BCUT2D eigenvalue weighted by Gasteiger charge is -2.33. The fourth-order valence-electron chi connectivity index (χ4n) is 4.39. The van der Waals surface area contributed by atoms with Gasteiger partial charge in [0.15, 0.2) is 0 Å². The Bertz CT molecular complexity index is 1430. The van der Waals surface area contributed by atoms with E-state index in [0.29, 0.717) is 5.69 Å². The number of amides is 2. The Morgan fingerprint density at radius 3 is 2.03 bits per heavy atom. The molecule has 208 valence electrons. The maximum atomic E-state index is 14.0. The summed E-state index contributed by atoms with van der Waals surface area (Å²) in [6.07, 6.45) is 0. The van der Waals surface area contributed by atoms with E-state index in [0.717, 1.165) is 32.1 Å². The number of nitrogens with zero attached hydrogens (tertiary/aromatic N) is 2. The summed E-state index contributed by atoms with van der Waals surface area (Å²) < 4.78 is 29.1. The van der Waals surface area contributed by atoms with Gasteiger partial charge in [-0.25, -0.2) is 8.42 Å². The van der Waals surface area contributed by atoms with Gasteiger partial charge in [0.2, 0.25) is 11.8 Å². The molecule has 0 aromatic heterocycles. The SMILES string of the molecule is Cc1ccc(S(=O)(=O)N(CC(=O)N(Cc2ccccc2C)[C@H](C)C(=O)NC(C)C)c2ccc(C)cc2C)cc1. The van der Waals surface area contributed by atoms with Crippen LogP contribution in [0.3, 0.4) is 0 Å². The zero-order valence-electron chi connectivity index (χ0n) is 23.9. The number of benzene rings is 3. The summed E-state index contributed by atoms with van der Waals surface area (Å²) in [5.74, 6) is -0.772. The average Bonchev–Trinajstić information content (AvgIpc) is 2.86. The highest BCUT2D eigenvalue weighted by Gasteiger charge is 2.33. The van der Waals surface area contributed by atoms with Gasteiger partial charge in [-0.05, 0) is 83.4 Å². The molecule has 0 saturated carbocycles. The first-order valence-electron chi connectivity index (χ1n) is 13.1. The topological polar surface area (TPSA) is 86.8 Å². The Balaban J connectivity index is 2.08. The summed E-state index contributed by atoms with van der Waals surface area (Å²) in [6.45, 7) is 12.7. The second-order valence-electron chi connectivity index (χ2n) is 10.4.